The molecule has 8 heteroatoms. The molecule has 0 aliphatic carbocycles. The third-order valence-electron chi connectivity index (χ3n) is 4.59. The summed E-state index contributed by atoms with van der Waals surface area (Å²) < 4.78 is 7.83. The van der Waals surface area contributed by atoms with Gasteiger partial charge in [-0.2, -0.15) is 5.26 Å². The Morgan fingerprint density at radius 1 is 1.21 bits per heavy atom. The molecule has 4 rings (SSSR count). The van der Waals surface area contributed by atoms with E-state index in [9.17, 15) is 5.26 Å². The van der Waals surface area contributed by atoms with Gasteiger partial charge in [0.05, 0.1) is 29.5 Å². The molecule has 3 aromatic rings. The Balaban J connectivity index is 1.91. The van der Waals surface area contributed by atoms with Crippen LogP contribution in [0.4, 0.5) is 5.82 Å². The Labute approximate surface area is 176 Å². The van der Waals surface area contributed by atoms with Gasteiger partial charge >= 0.3 is 0 Å². The Hall–Kier alpha value is -2.79. The van der Waals surface area contributed by atoms with Gasteiger partial charge in [0.1, 0.15) is 17.4 Å². The van der Waals surface area contributed by atoms with Crippen molar-refractivity contribution in [3.63, 3.8) is 0 Å². The van der Waals surface area contributed by atoms with Crippen molar-refractivity contribution in [1.82, 2.24) is 4.57 Å². The quantitative estimate of drug-likeness (QED) is 0.564. The highest BCUT2D eigenvalue weighted by molar-refractivity contribution is 7.73. The lowest BCUT2D eigenvalue weighted by Gasteiger charge is -2.25. The molecule has 0 fully saturated rings. The molecule has 1 aliphatic heterocycles. The van der Waals surface area contributed by atoms with Crippen LogP contribution in [0.15, 0.2) is 59.9 Å². The van der Waals surface area contributed by atoms with E-state index in [1.54, 1.807) is 7.11 Å². The van der Waals surface area contributed by atoms with Gasteiger partial charge in [0.15, 0.2) is 3.95 Å². The van der Waals surface area contributed by atoms with Crippen molar-refractivity contribution in [2.45, 2.75) is 5.92 Å². The van der Waals surface area contributed by atoms with E-state index in [1.165, 1.54) is 11.3 Å². The van der Waals surface area contributed by atoms with E-state index in [2.05, 4.69) is 11.4 Å². The minimum Gasteiger partial charge on any atom is -0.497 e. The number of rotatable bonds is 3. The maximum atomic E-state index is 9.73. The zero-order chi connectivity index (χ0) is 19.8. The molecule has 140 valence electrons. The number of anilines is 1. The number of methoxy groups -OCH3 is 1. The van der Waals surface area contributed by atoms with Crippen LogP contribution in [0.25, 0.3) is 5.69 Å². The average Bonchev–Trinajstić information content (AvgIpc) is 3.03. The van der Waals surface area contributed by atoms with Crippen molar-refractivity contribution in [3.05, 3.63) is 79.3 Å². The van der Waals surface area contributed by atoms with Gasteiger partial charge in [-0.25, -0.2) is 0 Å². The minimum atomic E-state index is -0.301. The number of aromatic nitrogens is 1. The van der Waals surface area contributed by atoms with E-state index in [1.807, 2.05) is 53.1 Å². The first-order chi connectivity index (χ1) is 13.5. The first kappa shape index (κ1) is 18.6. The highest BCUT2D eigenvalue weighted by Gasteiger charge is 2.33. The number of ether oxygens (including phenoxy) is 1. The number of nitrogens with one attached hydrogen (secondary N) is 1. The second kappa shape index (κ2) is 7.32. The summed E-state index contributed by atoms with van der Waals surface area (Å²) in [4.78, 5) is 0.939. The lowest BCUT2D eigenvalue weighted by atomic mass is 9.88. The first-order valence-corrected chi connectivity index (χ1v) is 9.96. The summed E-state index contributed by atoms with van der Waals surface area (Å²) in [7, 11) is 1.63. The van der Waals surface area contributed by atoms with Crippen LogP contribution in [0.1, 0.15) is 16.4 Å². The number of thiazole rings is 1. The van der Waals surface area contributed by atoms with Gasteiger partial charge in [0.2, 0.25) is 0 Å². The Morgan fingerprint density at radius 2 is 1.89 bits per heavy atom. The molecule has 2 aromatic carbocycles. The van der Waals surface area contributed by atoms with Crippen LogP contribution in [0, 0.1) is 15.3 Å². The average molecular weight is 427 g/mol. The van der Waals surface area contributed by atoms with Gasteiger partial charge < -0.3 is 15.8 Å². The monoisotopic (exact) mass is 426 g/mol. The van der Waals surface area contributed by atoms with Gasteiger partial charge in [-0.3, -0.25) is 4.57 Å². The topological polar surface area (TPSA) is 76.0 Å². The normalized spacial score (nSPS) is 15.5. The molecule has 0 bridgehead atoms. The number of nitriles is 1. The van der Waals surface area contributed by atoms with Gasteiger partial charge in [0, 0.05) is 10.7 Å². The maximum Gasteiger partial charge on any atom is 0.167 e. The SMILES string of the molecule is COc1ccc(-n2c3c(sc2=S)C(c2ccc(Cl)cc2)C(C#N)=C(N)N3)cc1. The molecular formula is C20H15ClN4OS2. The first-order valence-electron chi connectivity index (χ1n) is 8.36. The van der Waals surface area contributed by atoms with E-state index in [4.69, 9.17) is 34.3 Å². The molecule has 3 N–H and O–H groups in total. The molecule has 0 spiro atoms. The second-order valence-corrected chi connectivity index (χ2v) is 8.28. The second-order valence-electron chi connectivity index (χ2n) is 6.16. The summed E-state index contributed by atoms with van der Waals surface area (Å²) in [5, 5.41) is 13.5. The summed E-state index contributed by atoms with van der Waals surface area (Å²) in [6, 6.07) is 17.3. The number of halogens is 1. The largest absolute Gasteiger partial charge is 0.497 e. The number of hydrogen-bond donors (Lipinski definition) is 2. The Bertz CT molecular complexity index is 1170. The van der Waals surface area contributed by atoms with Crippen molar-refractivity contribution >= 4 is 41.0 Å². The van der Waals surface area contributed by atoms with Gasteiger partial charge in [-0.15, -0.1) is 11.3 Å². The van der Waals surface area contributed by atoms with Crippen LogP contribution in [-0.2, 0) is 0 Å². The van der Waals surface area contributed by atoms with Crippen molar-refractivity contribution < 1.29 is 4.74 Å². The van der Waals surface area contributed by atoms with Crippen LogP contribution in [0.2, 0.25) is 5.02 Å². The van der Waals surface area contributed by atoms with Crippen LogP contribution in [-0.4, -0.2) is 11.7 Å². The van der Waals surface area contributed by atoms with Crippen molar-refractivity contribution in [1.29, 1.82) is 5.26 Å². The molecular weight excluding hydrogens is 412 g/mol. The standard InChI is InChI=1S/C20H15ClN4OS2/c1-26-14-8-6-13(7-9-14)25-19-17(28-20(25)27)16(15(10-22)18(23)24-19)11-2-4-12(21)5-3-11/h2-9,16,24H,23H2,1H3. The molecule has 0 amide bonds. The number of allylic oxidation sites excluding steroid dienone is 1. The summed E-state index contributed by atoms with van der Waals surface area (Å²) >= 11 is 13.1. The highest BCUT2D eigenvalue weighted by Crippen LogP contribution is 2.45. The van der Waals surface area contributed by atoms with Gasteiger partial charge in [-0.05, 0) is 54.2 Å². The molecule has 5 nitrogen and oxygen atoms in total. The zero-order valence-electron chi connectivity index (χ0n) is 14.8. The zero-order valence-corrected chi connectivity index (χ0v) is 17.2. The predicted molar refractivity (Wildman–Crippen MR) is 115 cm³/mol. The van der Waals surface area contributed by atoms with Crippen molar-refractivity contribution in [2.24, 2.45) is 5.73 Å². The van der Waals surface area contributed by atoms with Crippen LogP contribution >= 0.6 is 35.2 Å². The molecule has 0 radical (unpaired) electrons. The van der Waals surface area contributed by atoms with Crippen LogP contribution in [0.3, 0.4) is 0 Å². The number of benzene rings is 2. The minimum absolute atomic E-state index is 0.301. The Kier molecular flexibility index (Phi) is 4.85. The van der Waals surface area contributed by atoms with Crippen molar-refractivity contribution in [2.75, 3.05) is 12.4 Å². The molecule has 1 atom stereocenters. The summed E-state index contributed by atoms with van der Waals surface area (Å²) in [6.45, 7) is 0. The van der Waals surface area contributed by atoms with Crippen LogP contribution in [0.5, 0.6) is 5.75 Å². The maximum absolute atomic E-state index is 9.73. The fraction of sp³-hybridized carbons (Fsp3) is 0.100. The van der Waals surface area contributed by atoms with Gasteiger partial charge in [0.25, 0.3) is 0 Å². The third kappa shape index (κ3) is 3.06. The molecule has 28 heavy (non-hydrogen) atoms. The number of fused-ring (bicyclic) bond motifs is 1. The summed E-state index contributed by atoms with van der Waals surface area (Å²) in [6.07, 6.45) is 0. The molecule has 1 aromatic heterocycles. The van der Waals surface area contributed by atoms with Crippen molar-refractivity contribution in [3.8, 4) is 17.5 Å². The summed E-state index contributed by atoms with van der Waals surface area (Å²) in [5.41, 5.74) is 8.51. The molecule has 0 saturated heterocycles. The molecule has 2 heterocycles. The number of nitrogens with zero attached hydrogens (tertiary/aromatic N) is 2. The number of nitrogens with two attached hydrogens (primary N) is 1. The predicted octanol–water partition coefficient (Wildman–Crippen LogP) is 5.18. The van der Waals surface area contributed by atoms with E-state index in [0.29, 0.717) is 20.4 Å². The molecule has 1 unspecified atom stereocenters. The van der Waals surface area contributed by atoms with E-state index >= 15 is 0 Å². The summed E-state index contributed by atoms with van der Waals surface area (Å²) in [5.74, 6) is 1.56. The lowest BCUT2D eigenvalue weighted by molar-refractivity contribution is 0.415. The van der Waals surface area contributed by atoms with E-state index in [0.717, 1.165) is 27.7 Å². The fourth-order valence-electron chi connectivity index (χ4n) is 3.25. The van der Waals surface area contributed by atoms with E-state index in [-0.39, 0.29) is 5.92 Å². The Morgan fingerprint density at radius 3 is 2.50 bits per heavy atom. The van der Waals surface area contributed by atoms with E-state index < -0.39 is 0 Å². The number of hydrogen-bond acceptors (Lipinski definition) is 6. The van der Waals surface area contributed by atoms with Gasteiger partial charge in [-0.1, -0.05) is 23.7 Å². The fourth-order valence-corrected chi connectivity index (χ4v) is 4.93. The third-order valence-corrected chi connectivity index (χ3v) is 6.28. The smallest absolute Gasteiger partial charge is 0.167 e. The molecule has 1 aliphatic rings. The van der Waals surface area contributed by atoms with Crippen LogP contribution < -0.4 is 15.8 Å². The lowest BCUT2D eigenvalue weighted by Crippen LogP contribution is -2.23. The highest BCUT2D eigenvalue weighted by atomic mass is 35.5. The molecule has 0 saturated carbocycles.